The Morgan fingerprint density at radius 3 is 1.17 bits per heavy atom. The molecule has 0 saturated heterocycles. The molecular formula is C44H85O8P. The Kier molecular flexibility index (Phi) is 39.5. The average molecular weight is 773 g/mol. The van der Waals surface area contributed by atoms with Gasteiger partial charge in [0.05, 0.1) is 6.61 Å². The van der Waals surface area contributed by atoms with Crippen molar-refractivity contribution in [2.24, 2.45) is 0 Å². The first-order valence-electron chi connectivity index (χ1n) is 22.5. The second-order valence-electron chi connectivity index (χ2n) is 15.4. The Bertz CT molecular complexity index is 873. The van der Waals surface area contributed by atoms with E-state index in [1.165, 1.54) is 161 Å². The topological polar surface area (TPSA) is 119 Å². The Hall–Kier alpha value is -1.21. The van der Waals surface area contributed by atoms with Crippen LogP contribution in [0.25, 0.3) is 0 Å². The quantitative estimate of drug-likeness (QED) is 0.0272. The van der Waals surface area contributed by atoms with Gasteiger partial charge in [0.1, 0.15) is 6.61 Å². The van der Waals surface area contributed by atoms with Crippen LogP contribution in [0.15, 0.2) is 12.2 Å². The third-order valence-corrected chi connectivity index (χ3v) is 10.5. The molecule has 9 heteroatoms. The summed E-state index contributed by atoms with van der Waals surface area (Å²) in [6.07, 6.45) is 45.2. The van der Waals surface area contributed by atoms with E-state index in [0.29, 0.717) is 6.42 Å². The molecule has 0 amide bonds. The molecule has 0 unspecified atom stereocenters. The zero-order valence-corrected chi connectivity index (χ0v) is 35.6. The molecule has 53 heavy (non-hydrogen) atoms. The third-order valence-electron chi connectivity index (χ3n) is 10.0. The zero-order chi connectivity index (χ0) is 38.9. The van der Waals surface area contributed by atoms with Gasteiger partial charge < -0.3 is 19.3 Å². The number of unbranched alkanes of at least 4 members (excludes halogenated alkanes) is 30. The summed E-state index contributed by atoms with van der Waals surface area (Å²) in [7, 11) is -4.75. The SMILES string of the molecule is CCCCCCCC/C=C/CCCCCC(=O)O[C@H](COC(=O)CCCCCCCCCCCCCCCCCCCCCCCC)COP(=O)(O)O. The lowest BCUT2D eigenvalue weighted by Gasteiger charge is -2.18. The van der Waals surface area contributed by atoms with E-state index in [0.717, 1.165) is 44.9 Å². The summed E-state index contributed by atoms with van der Waals surface area (Å²) in [5.41, 5.74) is 0. The van der Waals surface area contributed by atoms with E-state index in [-0.39, 0.29) is 19.4 Å². The Morgan fingerprint density at radius 1 is 0.472 bits per heavy atom. The second-order valence-corrected chi connectivity index (χ2v) is 16.6. The van der Waals surface area contributed by atoms with Crippen LogP contribution in [0.4, 0.5) is 0 Å². The molecule has 0 bridgehead atoms. The summed E-state index contributed by atoms with van der Waals surface area (Å²) in [5, 5.41) is 0. The van der Waals surface area contributed by atoms with Crippen molar-refractivity contribution in [3.05, 3.63) is 12.2 Å². The van der Waals surface area contributed by atoms with E-state index in [2.05, 4.69) is 30.5 Å². The van der Waals surface area contributed by atoms with Gasteiger partial charge in [0, 0.05) is 12.8 Å². The highest BCUT2D eigenvalue weighted by Gasteiger charge is 2.22. The molecule has 1 atom stereocenters. The van der Waals surface area contributed by atoms with E-state index in [9.17, 15) is 14.2 Å². The predicted molar refractivity (Wildman–Crippen MR) is 221 cm³/mol. The summed E-state index contributed by atoms with van der Waals surface area (Å²) >= 11 is 0. The number of hydrogen-bond acceptors (Lipinski definition) is 6. The largest absolute Gasteiger partial charge is 0.469 e. The number of allylic oxidation sites excluding steroid dienone is 2. The lowest BCUT2D eigenvalue weighted by molar-refractivity contribution is -0.161. The maximum atomic E-state index is 12.4. The summed E-state index contributed by atoms with van der Waals surface area (Å²) in [5.74, 6) is -0.890. The highest BCUT2D eigenvalue weighted by Crippen LogP contribution is 2.36. The summed E-state index contributed by atoms with van der Waals surface area (Å²) in [6.45, 7) is 3.69. The van der Waals surface area contributed by atoms with Gasteiger partial charge in [-0.2, -0.15) is 0 Å². The van der Waals surface area contributed by atoms with Gasteiger partial charge in [0.2, 0.25) is 0 Å². The van der Waals surface area contributed by atoms with E-state index >= 15 is 0 Å². The van der Waals surface area contributed by atoms with Crippen molar-refractivity contribution in [3.63, 3.8) is 0 Å². The van der Waals surface area contributed by atoms with Crippen LogP contribution < -0.4 is 0 Å². The molecule has 0 rings (SSSR count). The minimum absolute atomic E-state index is 0.196. The smallest absolute Gasteiger partial charge is 0.462 e. The van der Waals surface area contributed by atoms with Gasteiger partial charge in [-0.1, -0.05) is 199 Å². The highest BCUT2D eigenvalue weighted by molar-refractivity contribution is 7.46. The van der Waals surface area contributed by atoms with Crippen LogP contribution in [0, 0.1) is 0 Å². The number of carbonyl (C=O) groups excluding carboxylic acids is 2. The fraction of sp³-hybridized carbons (Fsp3) is 0.909. The van der Waals surface area contributed by atoms with Crippen LogP contribution in [-0.2, 0) is 28.2 Å². The van der Waals surface area contributed by atoms with Crippen LogP contribution >= 0.6 is 7.82 Å². The highest BCUT2D eigenvalue weighted by atomic mass is 31.2. The number of esters is 2. The standard InChI is InChI=1S/C44H85O8P/c1-3-5-7-9-11-13-15-17-18-19-20-21-22-23-24-25-27-28-30-32-34-36-38-43(45)50-40-42(41-51-53(47,48)49)52-44(46)39-37-35-33-31-29-26-16-14-12-10-8-6-4-2/h26,29,42H,3-25,27-28,30-41H2,1-2H3,(H2,47,48,49)/b29-26+/t42-/m1/s1. The van der Waals surface area contributed by atoms with Crippen molar-refractivity contribution in [2.45, 2.75) is 245 Å². The maximum Gasteiger partial charge on any atom is 0.469 e. The van der Waals surface area contributed by atoms with Gasteiger partial charge in [-0.25, -0.2) is 4.57 Å². The molecule has 0 aliphatic heterocycles. The van der Waals surface area contributed by atoms with Gasteiger partial charge in [0.25, 0.3) is 0 Å². The van der Waals surface area contributed by atoms with Crippen LogP contribution in [0.3, 0.4) is 0 Å². The summed E-state index contributed by atoms with van der Waals surface area (Å²) in [6, 6.07) is 0. The van der Waals surface area contributed by atoms with Crippen LogP contribution in [-0.4, -0.2) is 41.0 Å². The van der Waals surface area contributed by atoms with Crippen molar-refractivity contribution in [1.82, 2.24) is 0 Å². The molecule has 0 spiro atoms. The van der Waals surface area contributed by atoms with Gasteiger partial charge in [-0.3, -0.25) is 14.1 Å². The first-order chi connectivity index (χ1) is 25.8. The predicted octanol–water partition coefficient (Wildman–Crippen LogP) is 13.8. The van der Waals surface area contributed by atoms with Gasteiger partial charge in [-0.15, -0.1) is 0 Å². The van der Waals surface area contributed by atoms with E-state index in [4.69, 9.17) is 19.3 Å². The molecule has 2 N–H and O–H groups in total. The monoisotopic (exact) mass is 773 g/mol. The van der Waals surface area contributed by atoms with Gasteiger partial charge in [-0.05, 0) is 38.5 Å². The van der Waals surface area contributed by atoms with E-state index in [1.807, 2.05) is 0 Å². The Morgan fingerprint density at radius 2 is 0.792 bits per heavy atom. The van der Waals surface area contributed by atoms with Crippen molar-refractivity contribution in [1.29, 1.82) is 0 Å². The molecule has 0 heterocycles. The van der Waals surface area contributed by atoms with Gasteiger partial charge in [0.15, 0.2) is 6.10 Å². The number of phosphoric ester groups is 1. The van der Waals surface area contributed by atoms with E-state index < -0.39 is 32.5 Å². The number of phosphoric acid groups is 1. The van der Waals surface area contributed by atoms with Crippen LogP contribution in [0.1, 0.15) is 239 Å². The molecule has 0 aliphatic rings. The molecule has 0 radical (unpaired) electrons. The lowest BCUT2D eigenvalue weighted by atomic mass is 10.0. The van der Waals surface area contributed by atoms with Crippen molar-refractivity contribution < 1.29 is 37.9 Å². The zero-order valence-electron chi connectivity index (χ0n) is 34.7. The van der Waals surface area contributed by atoms with Crippen molar-refractivity contribution in [3.8, 4) is 0 Å². The van der Waals surface area contributed by atoms with Crippen LogP contribution in [0.2, 0.25) is 0 Å². The number of hydrogen-bond donors (Lipinski definition) is 2. The minimum atomic E-state index is -4.75. The van der Waals surface area contributed by atoms with Crippen LogP contribution in [0.5, 0.6) is 0 Å². The molecule has 0 aliphatic carbocycles. The fourth-order valence-electron chi connectivity index (χ4n) is 6.66. The minimum Gasteiger partial charge on any atom is -0.462 e. The lowest BCUT2D eigenvalue weighted by Crippen LogP contribution is -2.29. The molecule has 8 nitrogen and oxygen atoms in total. The second kappa shape index (κ2) is 40.5. The Balaban J connectivity index is 3.80. The first-order valence-corrected chi connectivity index (χ1v) is 24.0. The van der Waals surface area contributed by atoms with Crippen molar-refractivity contribution >= 4 is 19.8 Å². The van der Waals surface area contributed by atoms with Crippen molar-refractivity contribution in [2.75, 3.05) is 13.2 Å². The third kappa shape index (κ3) is 43.4. The molecule has 0 saturated carbocycles. The number of ether oxygens (including phenoxy) is 2. The number of carbonyl (C=O) groups is 2. The first kappa shape index (κ1) is 51.8. The average Bonchev–Trinajstić information content (AvgIpc) is 3.13. The Labute approximate surface area is 327 Å². The molecule has 0 aromatic rings. The van der Waals surface area contributed by atoms with Gasteiger partial charge >= 0.3 is 19.8 Å². The molecule has 0 aromatic heterocycles. The molecule has 314 valence electrons. The normalized spacial score (nSPS) is 12.5. The fourth-order valence-corrected chi connectivity index (χ4v) is 7.02. The molecule has 0 fully saturated rings. The summed E-state index contributed by atoms with van der Waals surface area (Å²) < 4.78 is 26.4. The maximum absolute atomic E-state index is 12.4. The summed E-state index contributed by atoms with van der Waals surface area (Å²) in [4.78, 5) is 42.8. The molecule has 0 aromatic carbocycles. The number of rotatable bonds is 42. The van der Waals surface area contributed by atoms with E-state index in [1.54, 1.807) is 0 Å². The molecular weight excluding hydrogens is 687 g/mol.